The Morgan fingerprint density at radius 1 is 1.33 bits per heavy atom. The summed E-state index contributed by atoms with van der Waals surface area (Å²) in [4.78, 5) is 1.16. The zero-order valence-electron chi connectivity index (χ0n) is 12.5. The van der Waals surface area contributed by atoms with E-state index in [-0.39, 0.29) is 0 Å². The van der Waals surface area contributed by atoms with Gasteiger partial charge in [0.1, 0.15) is 23.9 Å². The first-order valence-corrected chi connectivity index (χ1v) is 8.56. The molecule has 1 fully saturated rings. The van der Waals surface area contributed by atoms with Crippen molar-refractivity contribution in [2.45, 2.75) is 43.9 Å². The van der Waals surface area contributed by atoms with Gasteiger partial charge in [0, 0.05) is 16.5 Å². The Morgan fingerprint density at radius 3 is 2.90 bits per heavy atom. The van der Waals surface area contributed by atoms with Crippen molar-refractivity contribution in [3.05, 3.63) is 47.4 Å². The minimum atomic E-state index is 0.552. The maximum absolute atomic E-state index is 5.94. The molecule has 0 atom stereocenters. The van der Waals surface area contributed by atoms with Gasteiger partial charge in [-0.25, -0.2) is 0 Å². The summed E-state index contributed by atoms with van der Waals surface area (Å²) in [7, 11) is 0. The van der Waals surface area contributed by atoms with E-state index in [1.807, 2.05) is 25.1 Å². The summed E-state index contributed by atoms with van der Waals surface area (Å²) >= 11 is 1.70. The fraction of sp³-hybridized carbons (Fsp3) is 0.412. The molecule has 0 unspecified atom stereocenters. The highest BCUT2D eigenvalue weighted by Crippen LogP contribution is 2.28. The smallest absolute Gasteiger partial charge is 0.133 e. The second-order valence-electron chi connectivity index (χ2n) is 5.39. The Morgan fingerprint density at radius 2 is 2.14 bits per heavy atom. The van der Waals surface area contributed by atoms with Gasteiger partial charge in [-0.15, -0.1) is 11.8 Å². The lowest BCUT2D eigenvalue weighted by molar-refractivity contribution is 0.296. The average molecular weight is 303 g/mol. The molecule has 3 rings (SSSR count). The molecule has 0 amide bonds. The van der Waals surface area contributed by atoms with Crippen molar-refractivity contribution in [2.75, 3.05) is 6.26 Å². The number of nitrogens with one attached hydrogen (secondary N) is 1. The maximum Gasteiger partial charge on any atom is 0.133 e. The Labute approximate surface area is 130 Å². The van der Waals surface area contributed by atoms with Crippen molar-refractivity contribution in [2.24, 2.45) is 0 Å². The predicted octanol–water partition coefficient (Wildman–Crippen LogP) is 4.14. The van der Waals surface area contributed by atoms with Crippen LogP contribution < -0.4 is 10.1 Å². The molecule has 3 nitrogen and oxygen atoms in total. The summed E-state index contributed by atoms with van der Waals surface area (Å²) in [5.41, 5.74) is 1.12. The molecular formula is C17H21NO2S. The van der Waals surface area contributed by atoms with Gasteiger partial charge in [0.05, 0.1) is 6.54 Å². The highest BCUT2D eigenvalue weighted by molar-refractivity contribution is 7.98. The molecule has 0 radical (unpaired) electrons. The fourth-order valence-corrected chi connectivity index (χ4v) is 2.79. The Bertz CT molecular complexity index is 605. The third-order valence-electron chi connectivity index (χ3n) is 3.67. The molecule has 1 saturated carbocycles. The highest BCUT2D eigenvalue weighted by atomic mass is 32.2. The van der Waals surface area contributed by atoms with Gasteiger partial charge in [-0.1, -0.05) is 12.1 Å². The first kappa shape index (κ1) is 14.5. The summed E-state index contributed by atoms with van der Waals surface area (Å²) < 4.78 is 11.7. The molecule has 1 aliphatic carbocycles. The zero-order chi connectivity index (χ0) is 14.7. The van der Waals surface area contributed by atoms with Crippen LogP contribution in [0.25, 0.3) is 0 Å². The molecule has 1 heterocycles. The predicted molar refractivity (Wildman–Crippen MR) is 85.9 cm³/mol. The van der Waals surface area contributed by atoms with Crippen molar-refractivity contribution in [1.82, 2.24) is 5.32 Å². The van der Waals surface area contributed by atoms with Crippen LogP contribution in [0, 0.1) is 6.92 Å². The minimum absolute atomic E-state index is 0.552. The highest BCUT2D eigenvalue weighted by Gasteiger charge is 2.21. The summed E-state index contributed by atoms with van der Waals surface area (Å²) in [6.45, 7) is 3.36. The minimum Gasteiger partial charge on any atom is -0.488 e. The number of hydrogen-bond acceptors (Lipinski definition) is 4. The first-order chi connectivity index (χ1) is 10.3. The maximum atomic E-state index is 5.94. The fourth-order valence-electron chi connectivity index (χ4n) is 2.24. The van der Waals surface area contributed by atoms with Gasteiger partial charge in [-0.2, -0.15) is 0 Å². The van der Waals surface area contributed by atoms with Crippen molar-refractivity contribution in [1.29, 1.82) is 0 Å². The van der Waals surface area contributed by atoms with Crippen LogP contribution in [0.3, 0.4) is 0 Å². The van der Waals surface area contributed by atoms with Crippen LogP contribution >= 0.6 is 11.8 Å². The second-order valence-corrected chi connectivity index (χ2v) is 6.24. The molecule has 0 bridgehead atoms. The molecule has 1 aromatic heterocycles. The monoisotopic (exact) mass is 303 g/mol. The van der Waals surface area contributed by atoms with Crippen molar-refractivity contribution in [3.8, 4) is 5.75 Å². The Balaban J connectivity index is 1.61. The normalized spacial score (nSPS) is 14.4. The molecule has 21 heavy (non-hydrogen) atoms. The van der Waals surface area contributed by atoms with Gasteiger partial charge >= 0.3 is 0 Å². The molecule has 1 N–H and O–H groups in total. The summed E-state index contributed by atoms with van der Waals surface area (Å²) in [6, 6.07) is 10.9. The van der Waals surface area contributed by atoms with E-state index in [0.29, 0.717) is 12.6 Å². The number of thioether (sulfide) groups is 1. The lowest BCUT2D eigenvalue weighted by atomic mass is 10.2. The standard InChI is InChI=1S/C17H21NO2S/c1-12-13(9-15(20-12)10-18-14-7-8-14)11-19-16-5-3-4-6-17(16)21-2/h3-6,9,14,18H,7-8,10-11H2,1-2H3. The van der Waals surface area contributed by atoms with Crippen LogP contribution in [0.1, 0.15) is 29.9 Å². The summed E-state index contributed by atoms with van der Waals surface area (Å²) in [5, 5.41) is 3.47. The number of ether oxygens (including phenoxy) is 1. The lowest BCUT2D eigenvalue weighted by Gasteiger charge is -2.08. The number of furan rings is 1. The molecule has 2 aromatic rings. The van der Waals surface area contributed by atoms with Crippen LogP contribution in [0.2, 0.25) is 0 Å². The third-order valence-corrected chi connectivity index (χ3v) is 4.44. The molecule has 0 aliphatic heterocycles. The van der Waals surface area contributed by atoms with Gasteiger partial charge in [0.15, 0.2) is 0 Å². The molecule has 1 aromatic carbocycles. The van der Waals surface area contributed by atoms with Gasteiger partial charge in [0.25, 0.3) is 0 Å². The number of benzene rings is 1. The van der Waals surface area contributed by atoms with E-state index in [0.717, 1.165) is 34.3 Å². The van der Waals surface area contributed by atoms with E-state index in [4.69, 9.17) is 9.15 Å². The lowest BCUT2D eigenvalue weighted by Crippen LogP contribution is -2.14. The van der Waals surface area contributed by atoms with Crippen LogP contribution in [0.5, 0.6) is 5.75 Å². The first-order valence-electron chi connectivity index (χ1n) is 7.33. The molecule has 4 heteroatoms. The summed E-state index contributed by atoms with van der Waals surface area (Å²) in [6.07, 6.45) is 4.65. The van der Waals surface area contributed by atoms with Crippen LogP contribution in [-0.4, -0.2) is 12.3 Å². The van der Waals surface area contributed by atoms with E-state index in [9.17, 15) is 0 Å². The SMILES string of the molecule is CSc1ccccc1OCc1cc(CNC2CC2)oc1C. The van der Waals surface area contributed by atoms with Gasteiger partial charge in [-0.05, 0) is 44.2 Å². The average Bonchev–Trinajstić information content (AvgIpc) is 3.27. The Kier molecular flexibility index (Phi) is 4.56. The third kappa shape index (κ3) is 3.83. The van der Waals surface area contributed by atoms with Crippen molar-refractivity contribution < 1.29 is 9.15 Å². The number of aryl methyl sites for hydroxylation is 1. The van der Waals surface area contributed by atoms with Crippen LogP contribution in [0.15, 0.2) is 39.6 Å². The molecule has 0 saturated heterocycles. The molecule has 112 valence electrons. The topological polar surface area (TPSA) is 34.4 Å². The van der Waals surface area contributed by atoms with Gasteiger partial charge in [0.2, 0.25) is 0 Å². The van der Waals surface area contributed by atoms with Crippen LogP contribution in [-0.2, 0) is 13.2 Å². The number of hydrogen-bond donors (Lipinski definition) is 1. The summed E-state index contributed by atoms with van der Waals surface area (Å²) in [5.74, 6) is 2.88. The quantitative estimate of drug-likeness (QED) is 0.780. The van der Waals surface area contributed by atoms with Crippen molar-refractivity contribution in [3.63, 3.8) is 0 Å². The largest absolute Gasteiger partial charge is 0.488 e. The molecule has 1 aliphatic rings. The van der Waals surface area contributed by atoms with E-state index < -0.39 is 0 Å². The van der Waals surface area contributed by atoms with Gasteiger partial charge < -0.3 is 14.5 Å². The number of para-hydroxylation sites is 1. The van der Waals surface area contributed by atoms with E-state index in [1.165, 1.54) is 12.8 Å². The van der Waals surface area contributed by atoms with E-state index in [2.05, 4.69) is 23.7 Å². The zero-order valence-corrected chi connectivity index (χ0v) is 13.3. The van der Waals surface area contributed by atoms with E-state index in [1.54, 1.807) is 11.8 Å². The van der Waals surface area contributed by atoms with Crippen LogP contribution in [0.4, 0.5) is 0 Å². The van der Waals surface area contributed by atoms with Gasteiger partial charge in [-0.3, -0.25) is 0 Å². The van der Waals surface area contributed by atoms with Crippen molar-refractivity contribution >= 4 is 11.8 Å². The van der Waals surface area contributed by atoms with E-state index >= 15 is 0 Å². The number of rotatable bonds is 7. The molecule has 0 spiro atoms. The Hall–Kier alpha value is -1.39. The second kappa shape index (κ2) is 6.58. The molecular weight excluding hydrogens is 282 g/mol.